The summed E-state index contributed by atoms with van der Waals surface area (Å²) in [6, 6.07) is 0. The zero-order valence-corrected chi connectivity index (χ0v) is 7.38. The Balaban J connectivity index is 2.30. The summed E-state index contributed by atoms with van der Waals surface area (Å²) in [5.41, 5.74) is 0. The van der Waals surface area contributed by atoms with Gasteiger partial charge in [-0.15, -0.1) is 0 Å². The molecule has 1 fully saturated rings. The molecule has 1 aliphatic carbocycles. The summed E-state index contributed by atoms with van der Waals surface area (Å²) in [6.45, 7) is 2.08. The molecule has 0 aromatic carbocycles. The fraction of sp³-hybridized carbons (Fsp3) is 1.00. The molecule has 1 rings (SSSR count). The van der Waals surface area contributed by atoms with Crippen LogP contribution in [0.15, 0.2) is 0 Å². The quantitative estimate of drug-likeness (QED) is 0.493. The first kappa shape index (κ1) is 9.01. The third-order valence-corrected chi connectivity index (χ3v) is 2.78. The summed E-state index contributed by atoms with van der Waals surface area (Å²) < 4.78 is 0. The maximum absolute atomic E-state index is 5.15. The van der Waals surface area contributed by atoms with Gasteiger partial charge in [-0.05, 0) is 25.7 Å². The van der Waals surface area contributed by atoms with E-state index in [1.54, 1.807) is 0 Å². The lowest BCUT2D eigenvalue weighted by molar-refractivity contribution is 0.0192. The first-order valence-corrected chi connectivity index (χ1v) is 4.70. The van der Waals surface area contributed by atoms with Crippen molar-refractivity contribution in [1.82, 2.24) is 0 Å². The summed E-state index contributed by atoms with van der Waals surface area (Å²) in [4.78, 5) is 4.85. The van der Waals surface area contributed by atoms with Crippen LogP contribution in [0.2, 0.25) is 0 Å². The van der Waals surface area contributed by atoms with E-state index in [1.807, 2.05) is 0 Å². The summed E-state index contributed by atoms with van der Waals surface area (Å²) in [5.74, 6) is 5.86. The molecular weight excluding hydrogens is 138 g/mol. The van der Waals surface area contributed by atoms with Crippen molar-refractivity contribution < 1.29 is 4.84 Å². The Morgan fingerprint density at radius 3 is 2.18 bits per heavy atom. The number of rotatable bonds is 2. The minimum Gasteiger partial charge on any atom is -0.301 e. The Kier molecular flexibility index (Phi) is 3.87. The highest BCUT2D eigenvalue weighted by molar-refractivity contribution is 4.69. The Hall–Kier alpha value is -0.0800. The normalized spacial score (nSPS) is 24.5. The third-order valence-electron chi connectivity index (χ3n) is 2.78. The van der Waals surface area contributed by atoms with Gasteiger partial charge in [0.05, 0.1) is 6.10 Å². The van der Waals surface area contributed by atoms with E-state index in [9.17, 15) is 0 Å². The third kappa shape index (κ3) is 2.80. The Morgan fingerprint density at radius 2 is 1.73 bits per heavy atom. The van der Waals surface area contributed by atoms with Crippen molar-refractivity contribution in [1.29, 1.82) is 0 Å². The molecule has 11 heavy (non-hydrogen) atoms. The largest absolute Gasteiger partial charge is 0.301 e. The predicted molar refractivity (Wildman–Crippen MR) is 45.9 cm³/mol. The van der Waals surface area contributed by atoms with E-state index in [4.69, 9.17) is 10.7 Å². The molecule has 1 aliphatic rings. The van der Waals surface area contributed by atoms with Crippen molar-refractivity contribution in [3.8, 4) is 0 Å². The van der Waals surface area contributed by atoms with Crippen molar-refractivity contribution in [3.63, 3.8) is 0 Å². The van der Waals surface area contributed by atoms with E-state index in [2.05, 4.69) is 6.92 Å². The van der Waals surface area contributed by atoms with Crippen LogP contribution in [-0.4, -0.2) is 6.10 Å². The average molecular weight is 157 g/mol. The van der Waals surface area contributed by atoms with Crippen LogP contribution in [0, 0.1) is 5.92 Å². The van der Waals surface area contributed by atoms with Gasteiger partial charge in [0.15, 0.2) is 0 Å². The highest BCUT2D eigenvalue weighted by Crippen LogP contribution is 2.26. The van der Waals surface area contributed by atoms with Gasteiger partial charge in [-0.1, -0.05) is 25.7 Å². The van der Waals surface area contributed by atoms with Crippen LogP contribution in [-0.2, 0) is 4.84 Å². The molecule has 1 saturated carbocycles. The van der Waals surface area contributed by atoms with Crippen LogP contribution >= 0.6 is 0 Å². The molecule has 2 nitrogen and oxygen atoms in total. The molecule has 66 valence electrons. The van der Waals surface area contributed by atoms with Crippen LogP contribution in [0.1, 0.15) is 45.4 Å². The van der Waals surface area contributed by atoms with Crippen LogP contribution in [0.3, 0.4) is 0 Å². The maximum atomic E-state index is 5.15. The number of nitrogens with two attached hydrogens (primary N) is 1. The van der Waals surface area contributed by atoms with Crippen molar-refractivity contribution in [2.24, 2.45) is 11.8 Å². The summed E-state index contributed by atoms with van der Waals surface area (Å²) in [6.07, 6.45) is 8.38. The molecule has 0 heterocycles. The highest BCUT2D eigenvalue weighted by atomic mass is 16.6. The second-order valence-corrected chi connectivity index (χ2v) is 3.59. The fourth-order valence-corrected chi connectivity index (χ4v) is 1.89. The average Bonchev–Trinajstić information content (AvgIpc) is 2.30. The van der Waals surface area contributed by atoms with Crippen LogP contribution in [0.5, 0.6) is 0 Å². The van der Waals surface area contributed by atoms with Gasteiger partial charge in [-0.25, -0.2) is 5.90 Å². The Labute approximate surface area is 69.1 Å². The van der Waals surface area contributed by atoms with Gasteiger partial charge in [0, 0.05) is 0 Å². The number of hydrogen-bond acceptors (Lipinski definition) is 2. The molecule has 1 unspecified atom stereocenters. The molecule has 0 bridgehead atoms. The standard InChI is InChI=1S/C9H19NO/c1-8(11-10)9-6-4-2-3-5-7-9/h8-9H,2-7,10H2,1H3. The van der Waals surface area contributed by atoms with Gasteiger partial charge in [0.2, 0.25) is 0 Å². The summed E-state index contributed by atoms with van der Waals surface area (Å²) in [7, 11) is 0. The van der Waals surface area contributed by atoms with Crippen molar-refractivity contribution in [2.45, 2.75) is 51.6 Å². The molecule has 0 aromatic heterocycles. The molecule has 0 saturated heterocycles. The van der Waals surface area contributed by atoms with E-state index in [0.29, 0.717) is 5.92 Å². The smallest absolute Gasteiger partial charge is 0.0787 e. The van der Waals surface area contributed by atoms with Crippen molar-refractivity contribution >= 4 is 0 Å². The second-order valence-electron chi connectivity index (χ2n) is 3.59. The maximum Gasteiger partial charge on any atom is 0.0787 e. The summed E-state index contributed by atoms with van der Waals surface area (Å²) in [5, 5.41) is 0. The zero-order valence-electron chi connectivity index (χ0n) is 7.38. The molecule has 0 amide bonds. The predicted octanol–water partition coefficient (Wildman–Crippen LogP) is 2.24. The SMILES string of the molecule is CC(ON)C1CCCCCC1. The van der Waals surface area contributed by atoms with Crippen molar-refractivity contribution in [2.75, 3.05) is 0 Å². The first-order valence-electron chi connectivity index (χ1n) is 4.70. The number of hydrogen-bond donors (Lipinski definition) is 1. The Bertz CT molecular complexity index is 97.7. The van der Waals surface area contributed by atoms with Crippen molar-refractivity contribution in [3.05, 3.63) is 0 Å². The zero-order chi connectivity index (χ0) is 8.10. The van der Waals surface area contributed by atoms with Crippen LogP contribution in [0.25, 0.3) is 0 Å². The molecule has 0 spiro atoms. The topological polar surface area (TPSA) is 35.2 Å². The lowest BCUT2D eigenvalue weighted by atomic mass is 9.95. The minimum absolute atomic E-state index is 0.257. The van der Waals surface area contributed by atoms with Gasteiger partial charge in [-0.3, -0.25) is 0 Å². The molecule has 2 N–H and O–H groups in total. The van der Waals surface area contributed by atoms with E-state index in [0.717, 1.165) is 0 Å². The van der Waals surface area contributed by atoms with Crippen LogP contribution < -0.4 is 5.90 Å². The second kappa shape index (κ2) is 4.73. The molecule has 2 heteroatoms. The molecule has 0 aliphatic heterocycles. The lowest BCUT2D eigenvalue weighted by Gasteiger charge is -2.19. The molecule has 0 radical (unpaired) electrons. The van der Waals surface area contributed by atoms with Crippen LogP contribution in [0.4, 0.5) is 0 Å². The fourth-order valence-electron chi connectivity index (χ4n) is 1.89. The highest BCUT2D eigenvalue weighted by Gasteiger charge is 2.18. The van der Waals surface area contributed by atoms with E-state index >= 15 is 0 Å². The molecule has 0 aromatic rings. The van der Waals surface area contributed by atoms with E-state index in [1.165, 1.54) is 38.5 Å². The van der Waals surface area contributed by atoms with Gasteiger partial charge in [0.1, 0.15) is 0 Å². The van der Waals surface area contributed by atoms with Gasteiger partial charge < -0.3 is 4.84 Å². The van der Waals surface area contributed by atoms with E-state index in [-0.39, 0.29) is 6.10 Å². The summed E-state index contributed by atoms with van der Waals surface area (Å²) >= 11 is 0. The molecule has 1 atom stereocenters. The Morgan fingerprint density at radius 1 is 1.18 bits per heavy atom. The van der Waals surface area contributed by atoms with Gasteiger partial charge in [0.25, 0.3) is 0 Å². The monoisotopic (exact) mass is 157 g/mol. The van der Waals surface area contributed by atoms with Gasteiger partial charge in [-0.2, -0.15) is 0 Å². The molecular formula is C9H19NO. The lowest BCUT2D eigenvalue weighted by Crippen LogP contribution is -2.23. The van der Waals surface area contributed by atoms with Gasteiger partial charge >= 0.3 is 0 Å². The first-order chi connectivity index (χ1) is 5.34. The van der Waals surface area contributed by atoms with E-state index < -0.39 is 0 Å². The minimum atomic E-state index is 0.257.